The van der Waals surface area contributed by atoms with Crippen molar-refractivity contribution in [3.63, 3.8) is 0 Å². The van der Waals surface area contributed by atoms with Crippen LogP contribution in [0.3, 0.4) is 0 Å². The van der Waals surface area contributed by atoms with E-state index >= 15 is 0 Å². The van der Waals surface area contributed by atoms with Gasteiger partial charge in [0.15, 0.2) is 0 Å². The van der Waals surface area contributed by atoms with Crippen LogP contribution >= 0.6 is 12.4 Å². The summed E-state index contributed by atoms with van der Waals surface area (Å²) in [5.74, 6) is -2.24. The minimum absolute atomic E-state index is 0. The maximum absolute atomic E-state index is 13.7. The molecule has 6 nitrogen and oxygen atoms in total. The summed E-state index contributed by atoms with van der Waals surface area (Å²) in [6.07, 6.45) is 2.67. The molecule has 0 saturated carbocycles. The van der Waals surface area contributed by atoms with Gasteiger partial charge in [-0.3, -0.25) is 19.4 Å². The van der Waals surface area contributed by atoms with Crippen LogP contribution in [0.2, 0.25) is 0 Å². The lowest BCUT2D eigenvalue weighted by Gasteiger charge is -2.25. The van der Waals surface area contributed by atoms with E-state index in [4.69, 9.17) is 5.11 Å². The van der Waals surface area contributed by atoms with Crippen LogP contribution in [0.5, 0.6) is 0 Å². The van der Waals surface area contributed by atoms with E-state index < -0.39 is 17.6 Å². The molecular formula is C20H30ClF2N3O3. The molecular weight excluding hydrogens is 404 g/mol. The van der Waals surface area contributed by atoms with E-state index in [9.17, 15) is 18.4 Å². The lowest BCUT2D eigenvalue weighted by molar-refractivity contribution is -0.138. The van der Waals surface area contributed by atoms with Crippen molar-refractivity contribution in [1.29, 1.82) is 0 Å². The summed E-state index contributed by atoms with van der Waals surface area (Å²) >= 11 is 0. The molecule has 9 heteroatoms. The minimum Gasteiger partial charge on any atom is -0.480 e. The van der Waals surface area contributed by atoms with Crippen molar-refractivity contribution in [2.75, 3.05) is 33.2 Å². The summed E-state index contributed by atoms with van der Waals surface area (Å²) in [5, 5.41) is 11.7. The molecule has 2 N–H and O–H groups in total. The lowest BCUT2D eigenvalue weighted by Crippen LogP contribution is -2.42. The zero-order valence-electron chi connectivity index (χ0n) is 16.9. The Morgan fingerprint density at radius 3 is 2.55 bits per heavy atom. The molecule has 164 valence electrons. The maximum Gasteiger partial charge on any atom is 0.317 e. The van der Waals surface area contributed by atoms with Crippen LogP contribution in [-0.2, 0) is 16.0 Å². The average Bonchev–Trinajstić information content (AvgIpc) is 2.83. The molecule has 1 aliphatic rings. The van der Waals surface area contributed by atoms with Gasteiger partial charge in [-0.1, -0.05) is 6.07 Å². The van der Waals surface area contributed by atoms with Crippen molar-refractivity contribution in [3.05, 3.63) is 35.4 Å². The van der Waals surface area contributed by atoms with Crippen molar-refractivity contribution in [2.24, 2.45) is 0 Å². The molecule has 0 spiro atoms. The van der Waals surface area contributed by atoms with E-state index in [1.54, 1.807) is 6.92 Å². The molecule has 1 amide bonds. The van der Waals surface area contributed by atoms with Crippen LogP contribution in [0, 0.1) is 11.6 Å². The summed E-state index contributed by atoms with van der Waals surface area (Å²) in [7, 11) is 1.81. The highest BCUT2D eigenvalue weighted by Crippen LogP contribution is 2.16. The zero-order chi connectivity index (χ0) is 20.7. The molecule has 1 fully saturated rings. The highest BCUT2D eigenvalue weighted by atomic mass is 35.5. The second-order valence-corrected chi connectivity index (χ2v) is 7.54. The molecule has 1 heterocycles. The largest absolute Gasteiger partial charge is 0.480 e. The van der Waals surface area contributed by atoms with Gasteiger partial charge in [0.25, 0.3) is 0 Å². The number of amides is 1. The van der Waals surface area contributed by atoms with Gasteiger partial charge in [-0.25, -0.2) is 8.78 Å². The molecule has 2 atom stereocenters. The van der Waals surface area contributed by atoms with Crippen molar-refractivity contribution in [2.45, 2.75) is 44.7 Å². The number of hydrogen-bond donors (Lipinski definition) is 2. The number of benzene rings is 1. The topological polar surface area (TPSA) is 72.9 Å². The molecule has 0 aliphatic carbocycles. The SMILES string of the molecule is CC(Cc1c(F)cccc1F)NC(=O)CN1CCCC(N(C)CC(=O)O)CC1.Cl. The molecule has 1 aliphatic heterocycles. The quantitative estimate of drug-likeness (QED) is 0.658. The second-order valence-electron chi connectivity index (χ2n) is 7.54. The predicted molar refractivity (Wildman–Crippen MR) is 109 cm³/mol. The van der Waals surface area contributed by atoms with Gasteiger partial charge in [0, 0.05) is 24.2 Å². The number of carboxylic acids is 1. The van der Waals surface area contributed by atoms with Gasteiger partial charge in [-0.05, 0) is 58.3 Å². The van der Waals surface area contributed by atoms with Crippen LogP contribution in [-0.4, -0.2) is 72.1 Å². The third kappa shape index (κ3) is 8.24. The summed E-state index contributed by atoms with van der Waals surface area (Å²) in [6, 6.07) is 3.54. The number of carbonyl (C=O) groups is 2. The standard InChI is InChI=1S/C20H29F2N3O3.ClH/c1-14(11-16-17(21)6-3-7-18(16)22)23-19(26)12-25-9-4-5-15(8-10-25)24(2)13-20(27)28;/h3,6-7,14-15H,4-5,8-13H2,1-2H3,(H,23,26)(H,27,28);1H. The first-order valence-electron chi connectivity index (χ1n) is 9.63. The molecule has 0 aromatic heterocycles. The normalized spacial score (nSPS) is 18.6. The summed E-state index contributed by atoms with van der Waals surface area (Å²) in [4.78, 5) is 27.1. The van der Waals surface area contributed by atoms with Crippen molar-refractivity contribution >= 4 is 24.3 Å². The zero-order valence-corrected chi connectivity index (χ0v) is 17.7. The van der Waals surface area contributed by atoms with Crippen LogP contribution in [0.4, 0.5) is 8.78 Å². The number of likely N-dealkylation sites (N-methyl/N-ethyl adjacent to an activating group) is 1. The van der Waals surface area contributed by atoms with Gasteiger partial charge in [-0.15, -0.1) is 12.4 Å². The van der Waals surface area contributed by atoms with Gasteiger partial charge in [0.05, 0.1) is 13.1 Å². The number of rotatable bonds is 8. The van der Waals surface area contributed by atoms with Crippen LogP contribution in [0.15, 0.2) is 18.2 Å². The third-order valence-corrected chi connectivity index (χ3v) is 5.14. The smallest absolute Gasteiger partial charge is 0.317 e. The second kappa shape index (κ2) is 12.0. The highest BCUT2D eigenvalue weighted by Gasteiger charge is 2.23. The highest BCUT2D eigenvalue weighted by molar-refractivity contribution is 5.85. The Hall–Kier alpha value is -1.77. The van der Waals surface area contributed by atoms with E-state index in [2.05, 4.69) is 5.32 Å². The molecule has 0 radical (unpaired) electrons. The Balaban J connectivity index is 0.00000420. The fourth-order valence-electron chi connectivity index (χ4n) is 3.69. The van der Waals surface area contributed by atoms with Crippen LogP contribution in [0.1, 0.15) is 31.7 Å². The summed E-state index contributed by atoms with van der Waals surface area (Å²) in [5.41, 5.74) is -0.0191. The summed E-state index contributed by atoms with van der Waals surface area (Å²) < 4.78 is 27.5. The Morgan fingerprint density at radius 1 is 1.28 bits per heavy atom. The first-order chi connectivity index (χ1) is 13.3. The van der Waals surface area contributed by atoms with Gasteiger partial charge >= 0.3 is 5.97 Å². The van der Waals surface area contributed by atoms with Gasteiger partial charge in [-0.2, -0.15) is 0 Å². The van der Waals surface area contributed by atoms with E-state index in [1.165, 1.54) is 18.2 Å². The monoisotopic (exact) mass is 433 g/mol. The van der Waals surface area contributed by atoms with E-state index in [0.29, 0.717) is 6.54 Å². The number of carboxylic acid groups (broad SMARTS) is 1. The summed E-state index contributed by atoms with van der Waals surface area (Å²) in [6.45, 7) is 3.43. The van der Waals surface area contributed by atoms with Crippen LogP contribution < -0.4 is 5.32 Å². The first kappa shape index (κ1) is 25.3. The van der Waals surface area contributed by atoms with Crippen molar-refractivity contribution < 1.29 is 23.5 Å². The number of carbonyl (C=O) groups excluding carboxylic acids is 1. The van der Waals surface area contributed by atoms with Crippen molar-refractivity contribution in [1.82, 2.24) is 15.1 Å². The fraction of sp³-hybridized carbons (Fsp3) is 0.600. The minimum atomic E-state index is -0.844. The van der Waals surface area contributed by atoms with E-state index in [-0.39, 0.29) is 55.5 Å². The number of likely N-dealkylation sites (tertiary alicyclic amines) is 1. The third-order valence-electron chi connectivity index (χ3n) is 5.14. The maximum atomic E-state index is 13.7. The Morgan fingerprint density at radius 2 is 1.93 bits per heavy atom. The first-order valence-corrected chi connectivity index (χ1v) is 9.63. The number of aliphatic carboxylic acids is 1. The molecule has 1 aromatic carbocycles. The predicted octanol–water partition coefficient (Wildman–Crippen LogP) is 2.30. The molecule has 1 saturated heterocycles. The van der Waals surface area contributed by atoms with Gasteiger partial charge in [0.1, 0.15) is 11.6 Å². The van der Waals surface area contributed by atoms with Gasteiger partial charge in [0.2, 0.25) is 5.91 Å². The van der Waals surface area contributed by atoms with E-state index in [1.807, 2.05) is 16.8 Å². The van der Waals surface area contributed by atoms with Gasteiger partial charge < -0.3 is 10.4 Å². The number of hydrogen-bond acceptors (Lipinski definition) is 4. The Kier molecular flexibility index (Phi) is 10.5. The number of nitrogens with one attached hydrogen (secondary N) is 1. The number of halogens is 3. The lowest BCUT2D eigenvalue weighted by atomic mass is 10.1. The average molecular weight is 434 g/mol. The molecule has 1 aromatic rings. The fourth-order valence-corrected chi connectivity index (χ4v) is 3.69. The molecule has 2 unspecified atom stereocenters. The van der Waals surface area contributed by atoms with E-state index in [0.717, 1.165) is 25.8 Å². The molecule has 0 bridgehead atoms. The Labute approximate surface area is 176 Å². The van der Waals surface area contributed by atoms with Crippen LogP contribution in [0.25, 0.3) is 0 Å². The van der Waals surface area contributed by atoms with Crippen molar-refractivity contribution in [3.8, 4) is 0 Å². The number of nitrogens with zero attached hydrogens (tertiary/aromatic N) is 2. The molecule has 2 rings (SSSR count). The molecule has 29 heavy (non-hydrogen) atoms. The Bertz CT molecular complexity index is 673.